The van der Waals surface area contributed by atoms with Crippen molar-refractivity contribution in [3.05, 3.63) is 35.4 Å². The third kappa shape index (κ3) is 1.50. The van der Waals surface area contributed by atoms with E-state index in [-0.39, 0.29) is 0 Å². The maximum absolute atomic E-state index is 3.52. The van der Waals surface area contributed by atoms with E-state index in [2.05, 4.69) is 52.2 Å². The number of hydrogen-bond acceptors (Lipinski definition) is 1. The molecule has 0 saturated heterocycles. The Hall–Kier alpha value is -0.0900. The van der Waals surface area contributed by atoms with Crippen LogP contribution in [0, 0.1) is 0 Å². The molecule has 0 radical (unpaired) electrons. The number of nitrogens with one attached hydrogen (secondary N) is 1. The Morgan fingerprint density at radius 3 is 3.08 bits per heavy atom. The monoisotopic (exact) mass is 273 g/mol. The smallest absolute Gasteiger partial charge is 0.0413 e. The molecule has 0 spiro atoms. The molecule has 1 aromatic rings. The zero-order valence-electron chi connectivity index (χ0n) is 6.89. The van der Waals surface area contributed by atoms with E-state index in [1.54, 1.807) is 0 Å². The fourth-order valence-corrected chi connectivity index (χ4v) is 2.52. The standard InChI is InChI=1S/C10H12IN/c11-7-10-9-4-2-1-3-8(9)5-6-12-10/h1-4,10,12H,5-7H2/t10-/m1/s1. The molecule has 1 atom stereocenters. The summed E-state index contributed by atoms with van der Waals surface area (Å²) < 4.78 is 1.16. The Morgan fingerprint density at radius 1 is 1.42 bits per heavy atom. The number of benzene rings is 1. The van der Waals surface area contributed by atoms with Gasteiger partial charge in [-0.25, -0.2) is 0 Å². The van der Waals surface area contributed by atoms with E-state index in [1.807, 2.05) is 0 Å². The van der Waals surface area contributed by atoms with Gasteiger partial charge in [0, 0.05) is 10.5 Å². The normalized spacial score (nSPS) is 21.9. The summed E-state index contributed by atoms with van der Waals surface area (Å²) in [5.74, 6) is 0. The van der Waals surface area contributed by atoms with E-state index < -0.39 is 0 Å². The van der Waals surface area contributed by atoms with Gasteiger partial charge in [0.2, 0.25) is 0 Å². The second-order valence-electron chi connectivity index (χ2n) is 3.11. The first-order chi connectivity index (χ1) is 5.92. The molecule has 12 heavy (non-hydrogen) atoms. The van der Waals surface area contributed by atoms with Gasteiger partial charge in [-0.1, -0.05) is 46.9 Å². The largest absolute Gasteiger partial charge is 0.309 e. The molecule has 64 valence electrons. The molecule has 0 bridgehead atoms. The lowest BCUT2D eigenvalue weighted by Gasteiger charge is -2.25. The molecule has 0 fully saturated rings. The molecule has 1 nitrogen and oxygen atoms in total. The van der Waals surface area contributed by atoms with E-state index in [0.717, 1.165) is 11.0 Å². The van der Waals surface area contributed by atoms with Crippen molar-refractivity contribution in [1.29, 1.82) is 0 Å². The van der Waals surface area contributed by atoms with Gasteiger partial charge in [0.05, 0.1) is 0 Å². The number of hydrogen-bond donors (Lipinski definition) is 1. The Kier molecular flexibility index (Phi) is 2.66. The number of fused-ring (bicyclic) bond motifs is 1. The molecule has 1 aromatic carbocycles. The van der Waals surface area contributed by atoms with Crippen LogP contribution >= 0.6 is 22.6 Å². The average molecular weight is 273 g/mol. The predicted octanol–water partition coefficient (Wildman–Crippen LogP) is 2.31. The van der Waals surface area contributed by atoms with E-state index in [4.69, 9.17) is 0 Å². The van der Waals surface area contributed by atoms with E-state index in [0.29, 0.717) is 6.04 Å². The lowest BCUT2D eigenvalue weighted by Crippen LogP contribution is -2.30. The lowest BCUT2D eigenvalue weighted by molar-refractivity contribution is 0.552. The summed E-state index contributed by atoms with van der Waals surface area (Å²) in [6.45, 7) is 1.13. The zero-order valence-corrected chi connectivity index (χ0v) is 9.04. The molecule has 1 N–H and O–H groups in total. The van der Waals surface area contributed by atoms with Gasteiger partial charge >= 0.3 is 0 Å². The van der Waals surface area contributed by atoms with Gasteiger partial charge in [-0.2, -0.15) is 0 Å². The second kappa shape index (κ2) is 3.75. The summed E-state index contributed by atoms with van der Waals surface area (Å²) in [5.41, 5.74) is 3.02. The van der Waals surface area contributed by atoms with Crippen LogP contribution in [0.4, 0.5) is 0 Å². The Morgan fingerprint density at radius 2 is 2.25 bits per heavy atom. The quantitative estimate of drug-likeness (QED) is 0.611. The Balaban J connectivity index is 2.37. The first-order valence-corrected chi connectivity index (χ1v) is 5.81. The molecular formula is C10H12IN. The summed E-state index contributed by atoms with van der Waals surface area (Å²) >= 11 is 2.44. The highest BCUT2D eigenvalue weighted by atomic mass is 127. The fraction of sp³-hybridized carbons (Fsp3) is 0.400. The predicted molar refractivity (Wildman–Crippen MR) is 59.8 cm³/mol. The van der Waals surface area contributed by atoms with Gasteiger partial charge in [0.25, 0.3) is 0 Å². The van der Waals surface area contributed by atoms with Crippen LogP contribution in [-0.2, 0) is 6.42 Å². The summed E-state index contributed by atoms with van der Waals surface area (Å²) in [6, 6.07) is 9.33. The molecule has 1 aliphatic rings. The van der Waals surface area contributed by atoms with Crippen LogP contribution in [0.5, 0.6) is 0 Å². The van der Waals surface area contributed by atoms with Crippen LogP contribution in [-0.4, -0.2) is 11.0 Å². The molecule has 2 rings (SSSR count). The first kappa shape index (κ1) is 8.51. The first-order valence-electron chi connectivity index (χ1n) is 4.29. The van der Waals surface area contributed by atoms with E-state index >= 15 is 0 Å². The highest BCUT2D eigenvalue weighted by Crippen LogP contribution is 2.23. The van der Waals surface area contributed by atoms with Crippen LogP contribution in [0.3, 0.4) is 0 Å². The zero-order chi connectivity index (χ0) is 8.39. The van der Waals surface area contributed by atoms with Crippen LogP contribution in [0.25, 0.3) is 0 Å². The number of halogens is 1. The Bertz CT molecular complexity index is 272. The molecule has 0 aromatic heterocycles. The summed E-state index contributed by atoms with van der Waals surface area (Å²) in [4.78, 5) is 0. The molecule has 1 heterocycles. The lowest BCUT2D eigenvalue weighted by atomic mass is 9.96. The second-order valence-corrected chi connectivity index (χ2v) is 3.99. The van der Waals surface area contributed by atoms with Gasteiger partial charge in [0.15, 0.2) is 0 Å². The molecular weight excluding hydrogens is 261 g/mol. The Labute approximate surface area is 86.7 Å². The maximum atomic E-state index is 3.52. The number of rotatable bonds is 1. The van der Waals surface area contributed by atoms with E-state index in [1.165, 1.54) is 17.5 Å². The van der Waals surface area contributed by atoms with Gasteiger partial charge < -0.3 is 5.32 Å². The molecule has 2 heteroatoms. The van der Waals surface area contributed by atoms with Crippen molar-refractivity contribution in [2.24, 2.45) is 0 Å². The molecule has 1 aliphatic heterocycles. The van der Waals surface area contributed by atoms with Gasteiger partial charge in [0.1, 0.15) is 0 Å². The van der Waals surface area contributed by atoms with Crippen molar-refractivity contribution >= 4 is 22.6 Å². The fourth-order valence-electron chi connectivity index (χ4n) is 1.73. The van der Waals surface area contributed by atoms with Crippen LogP contribution in [0.2, 0.25) is 0 Å². The minimum absolute atomic E-state index is 0.579. The minimum atomic E-state index is 0.579. The number of alkyl halides is 1. The summed E-state index contributed by atoms with van der Waals surface area (Å²) in [7, 11) is 0. The topological polar surface area (TPSA) is 12.0 Å². The average Bonchev–Trinajstić information content (AvgIpc) is 2.17. The minimum Gasteiger partial charge on any atom is -0.309 e. The van der Waals surface area contributed by atoms with Crippen molar-refractivity contribution in [1.82, 2.24) is 5.32 Å². The van der Waals surface area contributed by atoms with Gasteiger partial charge in [-0.15, -0.1) is 0 Å². The maximum Gasteiger partial charge on any atom is 0.0413 e. The van der Waals surface area contributed by atoms with Crippen molar-refractivity contribution in [2.75, 3.05) is 11.0 Å². The van der Waals surface area contributed by atoms with Crippen molar-refractivity contribution in [3.8, 4) is 0 Å². The van der Waals surface area contributed by atoms with E-state index in [9.17, 15) is 0 Å². The van der Waals surface area contributed by atoms with Gasteiger partial charge in [-0.05, 0) is 24.1 Å². The summed E-state index contributed by atoms with van der Waals surface area (Å²) in [5, 5.41) is 3.52. The molecule has 0 unspecified atom stereocenters. The van der Waals surface area contributed by atoms with Crippen molar-refractivity contribution in [3.63, 3.8) is 0 Å². The van der Waals surface area contributed by atoms with Crippen LogP contribution in [0.1, 0.15) is 17.2 Å². The van der Waals surface area contributed by atoms with Crippen LogP contribution < -0.4 is 5.32 Å². The summed E-state index contributed by atoms with van der Waals surface area (Å²) in [6.07, 6.45) is 1.18. The highest BCUT2D eigenvalue weighted by molar-refractivity contribution is 14.1. The van der Waals surface area contributed by atoms with Gasteiger partial charge in [-0.3, -0.25) is 0 Å². The third-order valence-electron chi connectivity index (χ3n) is 2.37. The highest BCUT2D eigenvalue weighted by Gasteiger charge is 2.16. The van der Waals surface area contributed by atoms with Crippen molar-refractivity contribution in [2.45, 2.75) is 12.5 Å². The third-order valence-corrected chi connectivity index (χ3v) is 3.25. The molecule has 0 amide bonds. The SMILES string of the molecule is IC[C@H]1NCCc2ccccc21. The molecule has 0 aliphatic carbocycles. The van der Waals surface area contributed by atoms with Crippen molar-refractivity contribution < 1.29 is 0 Å². The molecule has 0 saturated carbocycles. The van der Waals surface area contributed by atoms with Crippen LogP contribution in [0.15, 0.2) is 24.3 Å².